The Morgan fingerprint density at radius 1 is 1.19 bits per heavy atom. The van der Waals surface area contributed by atoms with E-state index >= 15 is 0 Å². The second-order valence-electron chi connectivity index (χ2n) is 8.24. The summed E-state index contributed by atoms with van der Waals surface area (Å²) >= 11 is 0. The number of hydrogen-bond donors (Lipinski definition) is 2. The molecular formula is C21H35N3O3. The average molecular weight is 378 g/mol. The Morgan fingerprint density at radius 2 is 1.89 bits per heavy atom. The summed E-state index contributed by atoms with van der Waals surface area (Å²) < 4.78 is 0. The van der Waals surface area contributed by atoms with Gasteiger partial charge in [-0.2, -0.15) is 0 Å². The number of likely N-dealkylation sites (tertiary alicyclic amines) is 2. The van der Waals surface area contributed by atoms with E-state index in [1.165, 1.54) is 0 Å². The average Bonchev–Trinajstić information content (AvgIpc) is 2.87. The quantitative estimate of drug-likeness (QED) is 0.723. The van der Waals surface area contributed by atoms with E-state index in [-0.39, 0.29) is 17.9 Å². The van der Waals surface area contributed by atoms with E-state index in [1.807, 2.05) is 0 Å². The van der Waals surface area contributed by atoms with Gasteiger partial charge in [-0.05, 0) is 58.0 Å². The molecule has 152 valence electrons. The van der Waals surface area contributed by atoms with E-state index in [9.17, 15) is 14.7 Å². The van der Waals surface area contributed by atoms with Crippen LogP contribution in [0.1, 0.15) is 59.3 Å². The minimum atomic E-state index is -0.834. The van der Waals surface area contributed by atoms with Gasteiger partial charge >= 0.3 is 6.09 Å². The monoisotopic (exact) mass is 377 g/mol. The number of carbonyl (C=O) groups is 2. The Bertz CT molecular complexity index is 559. The molecule has 27 heavy (non-hydrogen) atoms. The van der Waals surface area contributed by atoms with E-state index in [4.69, 9.17) is 0 Å². The first-order chi connectivity index (χ1) is 12.9. The third kappa shape index (κ3) is 6.42. The molecule has 0 aliphatic carbocycles. The van der Waals surface area contributed by atoms with Crippen molar-refractivity contribution in [1.29, 1.82) is 0 Å². The number of nitrogens with zero attached hydrogens (tertiary/aromatic N) is 2. The number of piperidine rings is 1. The lowest BCUT2D eigenvalue weighted by atomic mass is 9.92. The van der Waals surface area contributed by atoms with Crippen LogP contribution in [0.2, 0.25) is 0 Å². The van der Waals surface area contributed by atoms with Gasteiger partial charge in [0.05, 0.1) is 0 Å². The lowest BCUT2D eigenvalue weighted by molar-refractivity contribution is -0.126. The van der Waals surface area contributed by atoms with Crippen LogP contribution in [0, 0.1) is 23.7 Å². The highest BCUT2D eigenvalue weighted by Crippen LogP contribution is 2.27. The number of nitrogens with one attached hydrogen (secondary N) is 1. The number of amides is 2. The van der Waals surface area contributed by atoms with Crippen molar-refractivity contribution in [2.45, 2.75) is 71.4 Å². The summed E-state index contributed by atoms with van der Waals surface area (Å²) in [6.45, 7) is 9.19. The van der Waals surface area contributed by atoms with Gasteiger partial charge in [0, 0.05) is 37.5 Å². The summed E-state index contributed by atoms with van der Waals surface area (Å²) in [6.07, 6.45) is 4.30. The largest absolute Gasteiger partial charge is 0.465 e. The molecule has 0 saturated carbocycles. The first kappa shape index (κ1) is 21.6. The molecule has 0 aromatic heterocycles. The third-order valence-corrected chi connectivity index (χ3v) is 5.78. The Kier molecular flexibility index (Phi) is 8.43. The lowest BCUT2D eigenvalue weighted by Gasteiger charge is -2.38. The first-order valence-corrected chi connectivity index (χ1v) is 10.3. The summed E-state index contributed by atoms with van der Waals surface area (Å²) in [7, 11) is 0. The van der Waals surface area contributed by atoms with Crippen molar-refractivity contribution in [3.05, 3.63) is 0 Å². The van der Waals surface area contributed by atoms with Crippen LogP contribution in [-0.4, -0.2) is 65.2 Å². The summed E-state index contributed by atoms with van der Waals surface area (Å²) in [5, 5.41) is 12.6. The Balaban J connectivity index is 1.91. The van der Waals surface area contributed by atoms with Crippen molar-refractivity contribution in [2.75, 3.05) is 26.2 Å². The summed E-state index contributed by atoms with van der Waals surface area (Å²) in [5.41, 5.74) is 0. The molecule has 0 aromatic carbocycles. The van der Waals surface area contributed by atoms with Gasteiger partial charge in [-0.15, -0.1) is 11.8 Å². The summed E-state index contributed by atoms with van der Waals surface area (Å²) in [6, 6.07) is 0.354. The van der Waals surface area contributed by atoms with E-state index in [0.29, 0.717) is 24.9 Å². The van der Waals surface area contributed by atoms with Crippen LogP contribution in [0.15, 0.2) is 0 Å². The van der Waals surface area contributed by atoms with E-state index < -0.39 is 6.09 Å². The van der Waals surface area contributed by atoms with Gasteiger partial charge < -0.3 is 20.2 Å². The molecule has 6 heteroatoms. The maximum Gasteiger partial charge on any atom is 0.407 e. The zero-order valence-electron chi connectivity index (χ0n) is 17.0. The standard InChI is InChI=1S/C21H35N3O3/c1-4-5-7-19-14-18(8-6-11-24(19)21(26)27)23-12-9-17(10-13-23)20(25)22-15-16(2)3/h16-19H,6-15H2,1-3H3,(H,22,25)(H,26,27). The van der Waals surface area contributed by atoms with Crippen LogP contribution < -0.4 is 5.32 Å². The third-order valence-electron chi connectivity index (χ3n) is 5.78. The summed E-state index contributed by atoms with van der Waals surface area (Å²) in [4.78, 5) is 28.0. The Labute approximate surface area is 163 Å². The van der Waals surface area contributed by atoms with Crippen molar-refractivity contribution in [1.82, 2.24) is 15.1 Å². The highest BCUT2D eigenvalue weighted by molar-refractivity contribution is 5.78. The van der Waals surface area contributed by atoms with Gasteiger partial charge in [0.15, 0.2) is 0 Å². The van der Waals surface area contributed by atoms with Crippen LogP contribution in [0.4, 0.5) is 4.79 Å². The van der Waals surface area contributed by atoms with E-state index in [0.717, 1.165) is 51.7 Å². The number of carboxylic acid groups (broad SMARTS) is 1. The van der Waals surface area contributed by atoms with E-state index in [1.54, 1.807) is 11.8 Å². The van der Waals surface area contributed by atoms with Crippen molar-refractivity contribution in [3.63, 3.8) is 0 Å². The maximum absolute atomic E-state index is 12.3. The minimum Gasteiger partial charge on any atom is -0.465 e. The number of rotatable bonds is 5. The normalized spacial score (nSPS) is 24.8. The minimum absolute atomic E-state index is 0.0329. The second kappa shape index (κ2) is 10.6. The lowest BCUT2D eigenvalue weighted by Crippen LogP contribution is -2.47. The van der Waals surface area contributed by atoms with Crippen molar-refractivity contribution >= 4 is 12.0 Å². The molecule has 2 heterocycles. The van der Waals surface area contributed by atoms with Gasteiger partial charge in [0.1, 0.15) is 0 Å². The molecule has 0 spiro atoms. The Hall–Kier alpha value is -1.74. The second-order valence-corrected chi connectivity index (χ2v) is 8.24. The molecule has 2 saturated heterocycles. The highest BCUT2D eigenvalue weighted by atomic mass is 16.4. The van der Waals surface area contributed by atoms with Crippen LogP contribution in [0.3, 0.4) is 0 Å². The summed E-state index contributed by atoms with van der Waals surface area (Å²) in [5.74, 6) is 6.75. The van der Waals surface area contributed by atoms with Gasteiger partial charge in [0.25, 0.3) is 0 Å². The molecular weight excluding hydrogens is 342 g/mol. The number of hydrogen-bond acceptors (Lipinski definition) is 3. The van der Waals surface area contributed by atoms with Crippen molar-refractivity contribution in [2.24, 2.45) is 11.8 Å². The van der Waals surface area contributed by atoms with Crippen LogP contribution in [-0.2, 0) is 4.79 Å². The van der Waals surface area contributed by atoms with Gasteiger partial charge in [-0.1, -0.05) is 13.8 Å². The molecule has 0 aromatic rings. The van der Waals surface area contributed by atoms with Crippen LogP contribution in [0.5, 0.6) is 0 Å². The highest BCUT2D eigenvalue weighted by Gasteiger charge is 2.34. The molecule has 2 unspecified atom stereocenters. The van der Waals surface area contributed by atoms with Gasteiger partial charge in [0.2, 0.25) is 5.91 Å². The molecule has 6 nitrogen and oxygen atoms in total. The molecule has 0 radical (unpaired) electrons. The molecule has 2 atom stereocenters. The topological polar surface area (TPSA) is 72.9 Å². The smallest absolute Gasteiger partial charge is 0.407 e. The molecule has 0 bridgehead atoms. The zero-order chi connectivity index (χ0) is 19.8. The van der Waals surface area contributed by atoms with Crippen LogP contribution >= 0.6 is 0 Å². The predicted molar refractivity (Wildman–Crippen MR) is 106 cm³/mol. The molecule has 2 fully saturated rings. The van der Waals surface area contributed by atoms with Gasteiger partial charge in [-0.3, -0.25) is 4.79 Å². The fraction of sp³-hybridized carbons (Fsp3) is 0.810. The molecule has 2 rings (SSSR count). The Morgan fingerprint density at radius 3 is 2.48 bits per heavy atom. The SMILES string of the molecule is CC#CCC1CC(N2CCC(C(=O)NCC(C)C)CC2)CCCN1C(=O)O. The fourth-order valence-electron chi connectivity index (χ4n) is 4.21. The first-order valence-electron chi connectivity index (χ1n) is 10.3. The van der Waals surface area contributed by atoms with Crippen molar-refractivity contribution < 1.29 is 14.7 Å². The van der Waals surface area contributed by atoms with Crippen molar-refractivity contribution in [3.8, 4) is 11.8 Å². The molecule has 2 aliphatic heterocycles. The van der Waals surface area contributed by atoms with Crippen LogP contribution in [0.25, 0.3) is 0 Å². The number of carbonyl (C=O) groups excluding carboxylic acids is 1. The predicted octanol–water partition coefficient (Wildman–Crippen LogP) is 2.79. The molecule has 2 N–H and O–H groups in total. The maximum atomic E-state index is 12.3. The molecule has 2 amide bonds. The zero-order valence-corrected chi connectivity index (χ0v) is 17.0. The van der Waals surface area contributed by atoms with E-state index in [2.05, 4.69) is 35.9 Å². The van der Waals surface area contributed by atoms with Gasteiger partial charge in [-0.25, -0.2) is 4.79 Å². The molecule has 2 aliphatic rings. The fourth-order valence-corrected chi connectivity index (χ4v) is 4.21.